The molecule has 2 aromatic carbocycles. The minimum absolute atomic E-state index is 0.199. The van der Waals surface area contributed by atoms with Crippen LogP contribution in [0.4, 0.5) is 0 Å². The highest BCUT2D eigenvalue weighted by Gasteiger charge is 2.14. The van der Waals surface area contributed by atoms with Crippen molar-refractivity contribution in [2.24, 2.45) is 0 Å². The summed E-state index contributed by atoms with van der Waals surface area (Å²) in [7, 11) is 0. The lowest BCUT2D eigenvalue weighted by molar-refractivity contribution is 0.431. The lowest BCUT2D eigenvalue weighted by atomic mass is 10.1. The fourth-order valence-electron chi connectivity index (χ4n) is 1.93. The van der Waals surface area contributed by atoms with Crippen LogP contribution in [-0.4, -0.2) is 15.2 Å². The van der Waals surface area contributed by atoms with Crippen LogP contribution in [0.1, 0.15) is 5.56 Å². The van der Waals surface area contributed by atoms with E-state index >= 15 is 0 Å². The Bertz CT molecular complexity index is 768. The maximum absolute atomic E-state index is 9.71. The number of hydrogen-bond acceptors (Lipinski definition) is 4. The molecule has 20 heavy (non-hydrogen) atoms. The van der Waals surface area contributed by atoms with Crippen molar-refractivity contribution in [2.75, 3.05) is 0 Å². The molecule has 0 atom stereocenters. The standard InChI is InChI=1S/C15H11ClN2O2/c1-9-12(6-3-7-13(9)19)15-17-14(18-20-15)10-4-2-5-11(16)8-10/h2-8,19H,1H3. The minimum Gasteiger partial charge on any atom is -0.508 e. The van der Waals surface area contributed by atoms with Gasteiger partial charge in [-0.05, 0) is 31.2 Å². The van der Waals surface area contributed by atoms with E-state index in [0.717, 1.165) is 5.56 Å². The van der Waals surface area contributed by atoms with Gasteiger partial charge in [0.2, 0.25) is 5.82 Å². The summed E-state index contributed by atoms with van der Waals surface area (Å²) in [4.78, 5) is 4.35. The summed E-state index contributed by atoms with van der Waals surface area (Å²) >= 11 is 5.95. The van der Waals surface area contributed by atoms with Gasteiger partial charge in [-0.25, -0.2) is 0 Å². The SMILES string of the molecule is Cc1c(O)cccc1-c1nc(-c2cccc(Cl)c2)no1. The topological polar surface area (TPSA) is 59.2 Å². The molecule has 0 amide bonds. The van der Waals surface area contributed by atoms with Gasteiger partial charge in [-0.1, -0.05) is 35.0 Å². The molecule has 3 aromatic rings. The summed E-state index contributed by atoms with van der Waals surface area (Å²) in [6.45, 7) is 1.80. The van der Waals surface area contributed by atoms with Crippen molar-refractivity contribution in [3.8, 4) is 28.6 Å². The van der Waals surface area contributed by atoms with E-state index in [1.54, 1.807) is 31.2 Å². The third-order valence-electron chi connectivity index (χ3n) is 3.04. The second-order valence-electron chi connectivity index (χ2n) is 4.38. The molecule has 0 aliphatic carbocycles. The number of nitrogens with zero attached hydrogens (tertiary/aromatic N) is 2. The van der Waals surface area contributed by atoms with Crippen molar-refractivity contribution < 1.29 is 9.63 Å². The zero-order valence-corrected chi connectivity index (χ0v) is 11.4. The molecule has 0 saturated carbocycles. The molecule has 0 bridgehead atoms. The van der Waals surface area contributed by atoms with E-state index in [2.05, 4.69) is 10.1 Å². The molecular formula is C15H11ClN2O2. The third kappa shape index (κ3) is 2.26. The van der Waals surface area contributed by atoms with Crippen molar-refractivity contribution in [1.82, 2.24) is 10.1 Å². The fourth-order valence-corrected chi connectivity index (χ4v) is 2.12. The minimum atomic E-state index is 0.199. The molecule has 0 aliphatic heterocycles. The summed E-state index contributed by atoms with van der Waals surface area (Å²) in [6.07, 6.45) is 0. The first-order valence-electron chi connectivity index (χ1n) is 6.04. The number of halogens is 1. The van der Waals surface area contributed by atoms with Crippen LogP contribution < -0.4 is 0 Å². The molecule has 4 nitrogen and oxygen atoms in total. The number of aromatic hydroxyl groups is 1. The van der Waals surface area contributed by atoms with Crippen LogP contribution >= 0.6 is 11.6 Å². The summed E-state index contributed by atoms with van der Waals surface area (Å²) < 4.78 is 5.27. The van der Waals surface area contributed by atoms with Gasteiger partial charge < -0.3 is 9.63 Å². The summed E-state index contributed by atoms with van der Waals surface area (Å²) in [5.74, 6) is 1.03. The van der Waals surface area contributed by atoms with Crippen LogP contribution in [0.2, 0.25) is 5.02 Å². The average Bonchev–Trinajstić information content (AvgIpc) is 2.91. The highest BCUT2D eigenvalue weighted by atomic mass is 35.5. The molecule has 1 N–H and O–H groups in total. The Kier molecular flexibility index (Phi) is 3.16. The van der Waals surface area contributed by atoms with Crippen LogP contribution in [0.25, 0.3) is 22.8 Å². The van der Waals surface area contributed by atoms with Crippen molar-refractivity contribution in [3.63, 3.8) is 0 Å². The first-order chi connectivity index (χ1) is 9.65. The molecule has 0 saturated heterocycles. The first-order valence-corrected chi connectivity index (χ1v) is 6.41. The predicted octanol–water partition coefficient (Wildman–Crippen LogP) is 4.07. The number of benzene rings is 2. The molecule has 0 unspecified atom stereocenters. The molecule has 0 radical (unpaired) electrons. The number of phenols is 1. The lowest BCUT2D eigenvalue weighted by Crippen LogP contribution is -1.84. The van der Waals surface area contributed by atoms with E-state index in [0.29, 0.717) is 27.9 Å². The van der Waals surface area contributed by atoms with E-state index in [9.17, 15) is 5.11 Å². The molecule has 0 spiro atoms. The van der Waals surface area contributed by atoms with Crippen molar-refractivity contribution in [2.45, 2.75) is 6.92 Å². The van der Waals surface area contributed by atoms with Crippen molar-refractivity contribution >= 4 is 11.6 Å². The normalized spacial score (nSPS) is 10.7. The van der Waals surface area contributed by atoms with Gasteiger partial charge in [0.1, 0.15) is 5.75 Å². The number of rotatable bonds is 2. The number of aromatic nitrogens is 2. The Morgan fingerprint density at radius 3 is 2.75 bits per heavy atom. The Morgan fingerprint density at radius 1 is 1.15 bits per heavy atom. The van der Waals surface area contributed by atoms with Crippen LogP contribution in [-0.2, 0) is 0 Å². The molecule has 0 aliphatic rings. The molecule has 100 valence electrons. The Hall–Kier alpha value is -2.33. The average molecular weight is 287 g/mol. The van der Waals surface area contributed by atoms with Gasteiger partial charge in [0.15, 0.2) is 0 Å². The van der Waals surface area contributed by atoms with E-state index in [-0.39, 0.29) is 5.75 Å². The van der Waals surface area contributed by atoms with Gasteiger partial charge in [0.25, 0.3) is 5.89 Å². The quantitative estimate of drug-likeness (QED) is 0.771. The highest BCUT2D eigenvalue weighted by molar-refractivity contribution is 6.30. The van der Waals surface area contributed by atoms with Gasteiger partial charge >= 0.3 is 0 Å². The van der Waals surface area contributed by atoms with Crippen LogP contribution in [0.3, 0.4) is 0 Å². The van der Waals surface area contributed by atoms with Crippen LogP contribution in [0.5, 0.6) is 5.75 Å². The van der Waals surface area contributed by atoms with E-state index in [4.69, 9.17) is 16.1 Å². The van der Waals surface area contributed by atoms with E-state index in [1.165, 1.54) is 0 Å². The molecule has 5 heteroatoms. The fraction of sp³-hybridized carbons (Fsp3) is 0.0667. The molecule has 3 rings (SSSR count). The lowest BCUT2D eigenvalue weighted by Gasteiger charge is -2.01. The van der Waals surface area contributed by atoms with E-state index < -0.39 is 0 Å². The van der Waals surface area contributed by atoms with Gasteiger partial charge in [0, 0.05) is 21.7 Å². The van der Waals surface area contributed by atoms with Gasteiger partial charge in [-0.3, -0.25) is 0 Å². The molecule has 1 aromatic heterocycles. The van der Waals surface area contributed by atoms with Gasteiger partial charge in [-0.2, -0.15) is 4.98 Å². The Labute approximate surface area is 120 Å². The molecular weight excluding hydrogens is 276 g/mol. The molecule has 0 fully saturated rings. The monoisotopic (exact) mass is 286 g/mol. The Morgan fingerprint density at radius 2 is 1.95 bits per heavy atom. The third-order valence-corrected chi connectivity index (χ3v) is 3.28. The van der Waals surface area contributed by atoms with Crippen LogP contribution in [0, 0.1) is 6.92 Å². The molecule has 1 heterocycles. The largest absolute Gasteiger partial charge is 0.508 e. The maximum atomic E-state index is 9.71. The number of phenolic OH excluding ortho intramolecular Hbond substituents is 1. The maximum Gasteiger partial charge on any atom is 0.258 e. The van der Waals surface area contributed by atoms with E-state index in [1.807, 2.05) is 18.2 Å². The van der Waals surface area contributed by atoms with Crippen LogP contribution in [0.15, 0.2) is 47.0 Å². The van der Waals surface area contributed by atoms with Crippen molar-refractivity contribution in [3.05, 3.63) is 53.1 Å². The highest BCUT2D eigenvalue weighted by Crippen LogP contribution is 2.29. The summed E-state index contributed by atoms with van der Waals surface area (Å²) in [5.41, 5.74) is 2.20. The van der Waals surface area contributed by atoms with Gasteiger partial charge in [-0.15, -0.1) is 0 Å². The van der Waals surface area contributed by atoms with Gasteiger partial charge in [0.05, 0.1) is 0 Å². The smallest absolute Gasteiger partial charge is 0.258 e. The summed E-state index contributed by atoms with van der Waals surface area (Å²) in [6, 6.07) is 12.4. The second-order valence-corrected chi connectivity index (χ2v) is 4.82. The number of hydrogen-bond donors (Lipinski definition) is 1. The Balaban J connectivity index is 2.04. The van der Waals surface area contributed by atoms with Crippen molar-refractivity contribution in [1.29, 1.82) is 0 Å². The first kappa shape index (κ1) is 12.7. The zero-order chi connectivity index (χ0) is 14.1. The second kappa shape index (κ2) is 4.98. The predicted molar refractivity (Wildman–Crippen MR) is 76.6 cm³/mol. The summed E-state index contributed by atoms with van der Waals surface area (Å²) in [5, 5.41) is 14.3. The zero-order valence-electron chi connectivity index (χ0n) is 10.7.